The van der Waals surface area contributed by atoms with Crippen molar-refractivity contribution in [2.45, 2.75) is 46.6 Å². The second kappa shape index (κ2) is 14.9. The van der Waals surface area contributed by atoms with Crippen LogP contribution in [0.4, 0.5) is 0 Å². The number of methoxy groups -OCH3 is 1. The third-order valence-corrected chi connectivity index (χ3v) is 2.70. The van der Waals surface area contributed by atoms with Crippen molar-refractivity contribution in [2.75, 3.05) is 40.4 Å². The number of ether oxygens (including phenoxy) is 1. The SMILES string of the molecule is CC.CCC(CCNC)N(CC)CCOC. The van der Waals surface area contributed by atoms with Crippen LogP contribution in [0.25, 0.3) is 0 Å². The molecule has 1 unspecified atom stereocenters. The van der Waals surface area contributed by atoms with Crippen LogP contribution in [0.3, 0.4) is 0 Å². The molecule has 1 atom stereocenters. The Morgan fingerprint density at radius 2 is 1.88 bits per heavy atom. The van der Waals surface area contributed by atoms with Gasteiger partial charge in [-0.2, -0.15) is 0 Å². The van der Waals surface area contributed by atoms with Crippen LogP contribution in [0.2, 0.25) is 0 Å². The fourth-order valence-corrected chi connectivity index (χ4v) is 1.76. The normalized spacial score (nSPS) is 12.2. The van der Waals surface area contributed by atoms with E-state index in [4.69, 9.17) is 4.74 Å². The van der Waals surface area contributed by atoms with Gasteiger partial charge in [-0.05, 0) is 33.0 Å². The molecule has 0 aliphatic rings. The van der Waals surface area contributed by atoms with E-state index in [0.29, 0.717) is 6.04 Å². The third kappa shape index (κ3) is 9.13. The summed E-state index contributed by atoms with van der Waals surface area (Å²) < 4.78 is 5.12. The molecular formula is C13H32N2O. The van der Waals surface area contributed by atoms with Gasteiger partial charge in [-0.3, -0.25) is 4.90 Å². The molecule has 0 saturated heterocycles. The molecule has 0 aromatic carbocycles. The first-order valence-electron chi connectivity index (χ1n) is 6.67. The predicted octanol–water partition coefficient (Wildman–Crippen LogP) is 2.37. The Bertz CT molecular complexity index is 107. The highest BCUT2D eigenvalue weighted by Crippen LogP contribution is 2.07. The molecule has 100 valence electrons. The van der Waals surface area contributed by atoms with Gasteiger partial charge in [0.1, 0.15) is 0 Å². The minimum atomic E-state index is 0.697. The van der Waals surface area contributed by atoms with Gasteiger partial charge in [0.05, 0.1) is 6.61 Å². The van der Waals surface area contributed by atoms with E-state index >= 15 is 0 Å². The summed E-state index contributed by atoms with van der Waals surface area (Å²) in [7, 11) is 3.78. The third-order valence-electron chi connectivity index (χ3n) is 2.70. The summed E-state index contributed by atoms with van der Waals surface area (Å²) in [4.78, 5) is 2.50. The van der Waals surface area contributed by atoms with Crippen molar-refractivity contribution in [3.05, 3.63) is 0 Å². The maximum Gasteiger partial charge on any atom is 0.0589 e. The van der Waals surface area contributed by atoms with E-state index in [0.717, 1.165) is 26.2 Å². The molecular weight excluding hydrogens is 200 g/mol. The van der Waals surface area contributed by atoms with Crippen LogP contribution < -0.4 is 5.32 Å². The smallest absolute Gasteiger partial charge is 0.0589 e. The zero-order valence-corrected chi connectivity index (χ0v) is 12.2. The fraction of sp³-hybridized carbons (Fsp3) is 1.00. The molecule has 3 heteroatoms. The Balaban J connectivity index is 0. The molecule has 0 radical (unpaired) electrons. The van der Waals surface area contributed by atoms with Crippen molar-refractivity contribution in [3.8, 4) is 0 Å². The van der Waals surface area contributed by atoms with Crippen LogP contribution in [-0.2, 0) is 4.74 Å². The summed E-state index contributed by atoms with van der Waals surface area (Å²) in [6.45, 7) is 12.6. The Hall–Kier alpha value is -0.120. The number of rotatable bonds is 9. The molecule has 0 amide bonds. The number of hydrogen-bond donors (Lipinski definition) is 1. The Labute approximate surface area is 103 Å². The molecule has 0 aliphatic carbocycles. The van der Waals surface area contributed by atoms with E-state index in [1.54, 1.807) is 7.11 Å². The molecule has 0 spiro atoms. The van der Waals surface area contributed by atoms with Crippen LogP contribution in [0, 0.1) is 0 Å². The van der Waals surface area contributed by atoms with Crippen molar-refractivity contribution in [3.63, 3.8) is 0 Å². The standard InChI is InChI=1S/C11H26N2O.C2H6/c1-5-11(7-8-12-3)13(6-2)9-10-14-4;1-2/h11-12H,5-10H2,1-4H3;1-2H3. The lowest BCUT2D eigenvalue weighted by Gasteiger charge is -2.29. The monoisotopic (exact) mass is 232 g/mol. The van der Waals surface area contributed by atoms with Crippen molar-refractivity contribution in [1.29, 1.82) is 0 Å². The van der Waals surface area contributed by atoms with Gasteiger partial charge in [0.25, 0.3) is 0 Å². The van der Waals surface area contributed by atoms with Crippen LogP contribution in [0.1, 0.15) is 40.5 Å². The highest BCUT2D eigenvalue weighted by Gasteiger charge is 2.13. The molecule has 0 rings (SSSR count). The second-order valence-electron chi connectivity index (χ2n) is 3.58. The molecule has 0 aromatic heterocycles. The molecule has 0 heterocycles. The zero-order chi connectivity index (χ0) is 12.8. The molecule has 0 bridgehead atoms. The summed E-state index contributed by atoms with van der Waals surface area (Å²) >= 11 is 0. The highest BCUT2D eigenvalue weighted by molar-refractivity contribution is 4.70. The van der Waals surface area contributed by atoms with E-state index in [9.17, 15) is 0 Å². The average Bonchev–Trinajstić information content (AvgIpc) is 2.36. The highest BCUT2D eigenvalue weighted by atomic mass is 16.5. The van der Waals surface area contributed by atoms with E-state index in [-0.39, 0.29) is 0 Å². The minimum absolute atomic E-state index is 0.697. The zero-order valence-electron chi connectivity index (χ0n) is 12.2. The fourth-order valence-electron chi connectivity index (χ4n) is 1.76. The summed E-state index contributed by atoms with van der Waals surface area (Å²) in [6, 6.07) is 0.697. The lowest BCUT2D eigenvalue weighted by molar-refractivity contribution is 0.118. The van der Waals surface area contributed by atoms with Crippen LogP contribution >= 0.6 is 0 Å². The topological polar surface area (TPSA) is 24.5 Å². The van der Waals surface area contributed by atoms with Gasteiger partial charge >= 0.3 is 0 Å². The van der Waals surface area contributed by atoms with Gasteiger partial charge < -0.3 is 10.1 Å². The summed E-state index contributed by atoms with van der Waals surface area (Å²) in [5, 5.41) is 3.21. The first-order chi connectivity index (χ1) is 7.79. The molecule has 0 fully saturated rings. The maximum absolute atomic E-state index is 5.12. The Kier molecular flexibility index (Phi) is 17.0. The molecule has 1 N–H and O–H groups in total. The molecule has 0 aromatic rings. The van der Waals surface area contributed by atoms with Crippen LogP contribution in [0.5, 0.6) is 0 Å². The lowest BCUT2D eigenvalue weighted by atomic mass is 10.1. The first kappa shape index (κ1) is 18.3. The maximum atomic E-state index is 5.12. The van der Waals surface area contributed by atoms with E-state index < -0.39 is 0 Å². The summed E-state index contributed by atoms with van der Waals surface area (Å²) in [6.07, 6.45) is 2.45. The van der Waals surface area contributed by atoms with Crippen molar-refractivity contribution in [1.82, 2.24) is 10.2 Å². The Morgan fingerprint density at radius 3 is 2.25 bits per heavy atom. The minimum Gasteiger partial charge on any atom is -0.383 e. The molecule has 0 saturated carbocycles. The largest absolute Gasteiger partial charge is 0.383 e. The lowest BCUT2D eigenvalue weighted by Crippen LogP contribution is -2.38. The second-order valence-corrected chi connectivity index (χ2v) is 3.58. The van der Waals surface area contributed by atoms with E-state index in [2.05, 4.69) is 24.1 Å². The Morgan fingerprint density at radius 1 is 1.25 bits per heavy atom. The number of likely N-dealkylation sites (N-methyl/N-ethyl adjacent to an activating group) is 1. The van der Waals surface area contributed by atoms with Gasteiger partial charge in [-0.25, -0.2) is 0 Å². The van der Waals surface area contributed by atoms with E-state index in [1.807, 2.05) is 20.9 Å². The average molecular weight is 232 g/mol. The van der Waals surface area contributed by atoms with Gasteiger partial charge in [0.2, 0.25) is 0 Å². The van der Waals surface area contributed by atoms with Gasteiger partial charge in [0, 0.05) is 19.7 Å². The van der Waals surface area contributed by atoms with Crippen molar-refractivity contribution in [2.24, 2.45) is 0 Å². The summed E-state index contributed by atoms with van der Waals surface area (Å²) in [5.74, 6) is 0. The molecule has 3 nitrogen and oxygen atoms in total. The molecule has 16 heavy (non-hydrogen) atoms. The van der Waals surface area contributed by atoms with Crippen LogP contribution in [0.15, 0.2) is 0 Å². The van der Waals surface area contributed by atoms with Gasteiger partial charge in [-0.1, -0.05) is 27.7 Å². The summed E-state index contributed by atoms with van der Waals surface area (Å²) in [5.41, 5.74) is 0. The number of nitrogens with zero attached hydrogens (tertiary/aromatic N) is 1. The quantitative estimate of drug-likeness (QED) is 0.660. The van der Waals surface area contributed by atoms with Gasteiger partial charge in [-0.15, -0.1) is 0 Å². The van der Waals surface area contributed by atoms with Crippen molar-refractivity contribution < 1.29 is 4.74 Å². The predicted molar refractivity (Wildman–Crippen MR) is 73.1 cm³/mol. The van der Waals surface area contributed by atoms with Gasteiger partial charge in [0.15, 0.2) is 0 Å². The van der Waals surface area contributed by atoms with Crippen molar-refractivity contribution >= 4 is 0 Å². The van der Waals surface area contributed by atoms with Crippen LogP contribution in [-0.4, -0.2) is 51.3 Å². The van der Waals surface area contributed by atoms with E-state index in [1.165, 1.54) is 12.8 Å². The number of hydrogen-bond acceptors (Lipinski definition) is 3. The molecule has 0 aliphatic heterocycles. The number of nitrogens with one attached hydrogen (secondary N) is 1. The first-order valence-corrected chi connectivity index (χ1v) is 6.67.